The lowest BCUT2D eigenvalue weighted by Crippen LogP contribution is -1.97. The van der Waals surface area contributed by atoms with Crippen LogP contribution in [-0.4, -0.2) is 9.78 Å². The second-order valence-corrected chi connectivity index (χ2v) is 4.56. The average molecular weight is 232 g/mol. The summed E-state index contributed by atoms with van der Waals surface area (Å²) in [6, 6.07) is 4.03. The maximum Gasteiger partial charge on any atom is 0.100 e. The van der Waals surface area contributed by atoms with Gasteiger partial charge in [0.1, 0.15) is 6.07 Å². The normalized spacial score (nSPS) is 10.1. The van der Waals surface area contributed by atoms with Crippen molar-refractivity contribution in [1.82, 2.24) is 9.78 Å². The van der Waals surface area contributed by atoms with Crippen LogP contribution in [0.25, 0.3) is 0 Å². The maximum atomic E-state index is 8.71. The van der Waals surface area contributed by atoms with Crippen LogP contribution in [0.1, 0.15) is 16.1 Å². The van der Waals surface area contributed by atoms with Crippen LogP contribution in [0.4, 0.5) is 5.69 Å². The van der Waals surface area contributed by atoms with Gasteiger partial charge >= 0.3 is 0 Å². The first kappa shape index (κ1) is 10.7. The predicted octanol–water partition coefficient (Wildman–Crippen LogP) is 2.27. The molecule has 2 aromatic heterocycles. The Morgan fingerprint density at radius 3 is 3.00 bits per heavy atom. The van der Waals surface area contributed by atoms with Gasteiger partial charge in [-0.2, -0.15) is 10.4 Å². The first-order valence-electron chi connectivity index (χ1n) is 4.90. The van der Waals surface area contributed by atoms with Crippen molar-refractivity contribution < 1.29 is 0 Å². The molecule has 0 aliphatic rings. The van der Waals surface area contributed by atoms with Gasteiger partial charge in [0.05, 0.1) is 16.9 Å². The molecular formula is C11H12N4S. The Hall–Kier alpha value is -1.80. The highest BCUT2D eigenvalue weighted by molar-refractivity contribution is 7.10. The molecule has 4 nitrogen and oxygen atoms in total. The first-order valence-corrected chi connectivity index (χ1v) is 5.78. The second-order valence-electron chi connectivity index (χ2n) is 3.57. The molecule has 0 spiro atoms. The molecule has 0 fully saturated rings. The van der Waals surface area contributed by atoms with E-state index in [0.717, 1.165) is 28.4 Å². The Morgan fingerprint density at radius 1 is 1.62 bits per heavy atom. The van der Waals surface area contributed by atoms with Crippen LogP contribution in [0.3, 0.4) is 0 Å². The lowest BCUT2D eigenvalue weighted by molar-refractivity contribution is 0.756. The van der Waals surface area contributed by atoms with Gasteiger partial charge in [-0.05, 0) is 13.0 Å². The molecule has 0 unspecified atom stereocenters. The Balaban J connectivity index is 2.02. The van der Waals surface area contributed by atoms with Crippen molar-refractivity contribution in [2.75, 3.05) is 5.32 Å². The third-order valence-corrected chi connectivity index (χ3v) is 3.19. The summed E-state index contributed by atoms with van der Waals surface area (Å²) in [5.74, 6) is 0. The Kier molecular flexibility index (Phi) is 2.93. The van der Waals surface area contributed by atoms with Crippen molar-refractivity contribution >= 4 is 17.0 Å². The third-order valence-electron chi connectivity index (χ3n) is 2.25. The molecule has 5 heteroatoms. The second kappa shape index (κ2) is 4.37. The van der Waals surface area contributed by atoms with E-state index in [9.17, 15) is 0 Å². The maximum absolute atomic E-state index is 8.71. The number of rotatable bonds is 3. The fourth-order valence-corrected chi connectivity index (χ4v) is 2.24. The van der Waals surface area contributed by atoms with Gasteiger partial charge in [-0.3, -0.25) is 4.68 Å². The van der Waals surface area contributed by atoms with Crippen molar-refractivity contribution in [3.8, 4) is 6.07 Å². The van der Waals surface area contributed by atoms with E-state index in [1.54, 1.807) is 16.0 Å². The molecule has 1 N–H and O–H groups in total. The van der Waals surface area contributed by atoms with Crippen molar-refractivity contribution in [2.24, 2.45) is 7.05 Å². The summed E-state index contributed by atoms with van der Waals surface area (Å²) in [5, 5.41) is 18.1. The Labute approximate surface area is 98.1 Å². The van der Waals surface area contributed by atoms with Gasteiger partial charge in [0.15, 0.2) is 0 Å². The smallest absolute Gasteiger partial charge is 0.100 e. The first-order chi connectivity index (χ1) is 7.69. The Morgan fingerprint density at radius 2 is 2.44 bits per heavy atom. The average Bonchev–Trinajstić information content (AvgIpc) is 2.82. The summed E-state index contributed by atoms with van der Waals surface area (Å²) < 4.78 is 1.78. The van der Waals surface area contributed by atoms with Gasteiger partial charge in [-0.1, -0.05) is 0 Å². The van der Waals surface area contributed by atoms with E-state index in [0.29, 0.717) is 0 Å². The number of thiophene rings is 1. The lowest BCUT2D eigenvalue weighted by atomic mass is 10.3. The molecular weight excluding hydrogens is 220 g/mol. The van der Waals surface area contributed by atoms with E-state index in [-0.39, 0.29) is 0 Å². The highest BCUT2D eigenvalue weighted by atomic mass is 32.1. The topological polar surface area (TPSA) is 53.6 Å². The van der Waals surface area contributed by atoms with Crippen LogP contribution in [0.5, 0.6) is 0 Å². The predicted molar refractivity (Wildman–Crippen MR) is 64.3 cm³/mol. The fourth-order valence-electron chi connectivity index (χ4n) is 1.49. The van der Waals surface area contributed by atoms with Crippen LogP contribution >= 0.6 is 11.3 Å². The molecule has 16 heavy (non-hydrogen) atoms. The number of hydrogen-bond donors (Lipinski definition) is 1. The van der Waals surface area contributed by atoms with Crippen LogP contribution in [-0.2, 0) is 13.6 Å². The minimum absolute atomic E-state index is 0.727. The van der Waals surface area contributed by atoms with Gasteiger partial charge in [0.2, 0.25) is 0 Å². The van der Waals surface area contributed by atoms with Gasteiger partial charge in [0.25, 0.3) is 0 Å². The molecule has 0 amide bonds. The van der Waals surface area contributed by atoms with Gasteiger partial charge in [0, 0.05) is 30.0 Å². The summed E-state index contributed by atoms with van der Waals surface area (Å²) in [5.41, 5.74) is 2.75. The molecule has 0 aliphatic carbocycles. The monoisotopic (exact) mass is 232 g/mol. The molecule has 0 aromatic carbocycles. The number of nitriles is 1. The highest BCUT2D eigenvalue weighted by Gasteiger charge is 2.03. The van der Waals surface area contributed by atoms with Gasteiger partial charge in [-0.15, -0.1) is 11.3 Å². The van der Waals surface area contributed by atoms with E-state index in [1.165, 1.54) is 0 Å². The third kappa shape index (κ3) is 2.23. The number of aromatic nitrogens is 2. The van der Waals surface area contributed by atoms with Crippen LogP contribution in [0, 0.1) is 18.3 Å². The summed E-state index contributed by atoms with van der Waals surface area (Å²) in [6.07, 6.45) is 1.95. The molecule has 82 valence electrons. The summed E-state index contributed by atoms with van der Waals surface area (Å²) in [4.78, 5) is 1.15. The number of anilines is 1. The van der Waals surface area contributed by atoms with Crippen LogP contribution < -0.4 is 5.32 Å². The van der Waals surface area contributed by atoms with Crippen molar-refractivity contribution in [3.63, 3.8) is 0 Å². The number of nitrogens with zero attached hydrogens (tertiary/aromatic N) is 3. The molecule has 0 saturated heterocycles. The van der Waals surface area contributed by atoms with Crippen molar-refractivity contribution in [2.45, 2.75) is 13.5 Å². The van der Waals surface area contributed by atoms with Crippen LogP contribution in [0.2, 0.25) is 0 Å². The molecule has 0 aliphatic heterocycles. The fraction of sp³-hybridized carbons (Fsp3) is 0.273. The van der Waals surface area contributed by atoms with Crippen LogP contribution in [0.15, 0.2) is 17.6 Å². The van der Waals surface area contributed by atoms with Crippen molar-refractivity contribution in [3.05, 3.63) is 33.8 Å². The highest BCUT2D eigenvalue weighted by Crippen LogP contribution is 2.17. The summed E-state index contributed by atoms with van der Waals surface area (Å²) >= 11 is 1.59. The van der Waals surface area contributed by atoms with E-state index < -0.39 is 0 Å². The summed E-state index contributed by atoms with van der Waals surface area (Å²) in [6.45, 7) is 2.70. The molecule has 0 saturated carbocycles. The minimum Gasteiger partial charge on any atom is -0.377 e. The van der Waals surface area contributed by atoms with Crippen molar-refractivity contribution in [1.29, 1.82) is 5.26 Å². The standard InChI is InChI=1S/C11H12N4S/c1-8-11(6-15(2)14-8)13-5-10-3-9(4-12)7-16-10/h3,6-7,13H,5H2,1-2H3. The van der Waals surface area contributed by atoms with E-state index in [2.05, 4.69) is 16.5 Å². The number of hydrogen-bond acceptors (Lipinski definition) is 4. The SMILES string of the molecule is Cc1nn(C)cc1NCc1cc(C#N)cs1. The van der Waals surface area contributed by atoms with E-state index >= 15 is 0 Å². The van der Waals surface area contributed by atoms with E-state index in [1.807, 2.05) is 31.6 Å². The molecule has 0 bridgehead atoms. The lowest BCUT2D eigenvalue weighted by Gasteiger charge is -2.01. The van der Waals surface area contributed by atoms with Gasteiger partial charge in [-0.25, -0.2) is 0 Å². The molecule has 0 radical (unpaired) electrons. The zero-order chi connectivity index (χ0) is 11.5. The summed E-state index contributed by atoms with van der Waals surface area (Å²) in [7, 11) is 1.90. The zero-order valence-electron chi connectivity index (χ0n) is 9.19. The number of nitrogens with one attached hydrogen (secondary N) is 1. The molecule has 2 heterocycles. The quantitative estimate of drug-likeness (QED) is 0.883. The number of aryl methyl sites for hydroxylation is 2. The molecule has 2 aromatic rings. The van der Waals surface area contributed by atoms with Gasteiger partial charge < -0.3 is 5.32 Å². The molecule has 0 atom stereocenters. The minimum atomic E-state index is 0.727. The zero-order valence-corrected chi connectivity index (χ0v) is 10.0. The largest absolute Gasteiger partial charge is 0.377 e. The Bertz CT molecular complexity index is 532. The van der Waals surface area contributed by atoms with E-state index in [4.69, 9.17) is 5.26 Å². The molecule has 2 rings (SSSR count).